The van der Waals surface area contributed by atoms with Crippen LogP contribution in [0.3, 0.4) is 0 Å². The number of oxazole rings is 1. The van der Waals surface area contributed by atoms with Gasteiger partial charge in [-0.25, -0.2) is 4.98 Å². The van der Waals surface area contributed by atoms with Gasteiger partial charge in [-0.3, -0.25) is 0 Å². The first kappa shape index (κ1) is 15.5. The third kappa shape index (κ3) is 2.88. The summed E-state index contributed by atoms with van der Waals surface area (Å²) in [6.07, 6.45) is 0. The summed E-state index contributed by atoms with van der Waals surface area (Å²) in [5.74, 6) is 0.618. The number of benzene rings is 2. The molecule has 0 atom stereocenters. The molecule has 2 aromatic carbocycles. The van der Waals surface area contributed by atoms with E-state index in [1.165, 1.54) is 17.8 Å². The summed E-state index contributed by atoms with van der Waals surface area (Å²) in [4.78, 5) is 4.49. The van der Waals surface area contributed by atoms with Crippen molar-refractivity contribution in [3.05, 3.63) is 47.5 Å². The van der Waals surface area contributed by atoms with E-state index >= 15 is 0 Å². The lowest BCUT2D eigenvalue weighted by molar-refractivity contribution is 0.490. The Hall–Kier alpha value is -2.03. The van der Waals surface area contributed by atoms with E-state index in [1.807, 2.05) is 0 Å². The van der Waals surface area contributed by atoms with Crippen LogP contribution in [0.5, 0.6) is 0 Å². The standard InChI is InChI=1S/C15H10ClN3O3S2/c16-9-5-6-12-11(7-9)18-15(22-12)23-8-14-17-10-3-1-2-4-13(10)24(20,21)19-14/h1-7H,8H2,(H,17,19). The molecule has 0 unspecified atom stereocenters. The summed E-state index contributed by atoms with van der Waals surface area (Å²) in [6.45, 7) is 0. The van der Waals surface area contributed by atoms with Crippen LogP contribution < -0.4 is 5.32 Å². The Morgan fingerprint density at radius 1 is 1.21 bits per heavy atom. The zero-order chi connectivity index (χ0) is 16.7. The van der Waals surface area contributed by atoms with E-state index in [0.29, 0.717) is 32.9 Å². The molecule has 0 spiro atoms. The van der Waals surface area contributed by atoms with Crippen LogP contribution in [-0.2, 0) is 10.0 Å². The SMILES string of the molecule is O=S1(=O)N=C(CSc2nc3cc(Cl)ccc3o2)Nc2ccccc21. The Morgan fingerprint density at radius 2 is 2.04 bits per heavy atom. The summed E-state index contributed by atoms with van der Waals surface area (Å²) in [5.41, 5.74) is 1.80. The Kier molecular flexibility index (Phi) is 3.75. The second-order valence-electron chi connectivity index (χ2n) is 5.01. The van der Waals surface area contributed by atoms with Gasteiger partial charge in [0.25, 0.3) is 15.2 Å². The zero-order valence-corrected chi connectivity index (χ0v) is 14.5. The van der Waals surface area contributed by atoms with Crippen molar-refractivity contribution in [2.24, 2.45) is 4.40 Å². The molecule has 0 bridgehead atoms. The van der Waals surface area contributed by atoms with Crippen molar-refractivity contribution in [2.45, 2.75) is 10.1 Å². The molecule has 24 heavy (non-hydrogen) atoms. The van der Waals surface area contributed by atoms with Gasteiger partial charge < -0.3 is 9.73 Å². The lowest BCUT2D eigenvalue weighted by Crippen LogP contribution is -2.23. The number of nitrogens with one attached hydrogen (secondary N) is 1. The number of sulfonamides is 1. The third-order valence-electron chi connectivity index (χ3n) is 3.34. The molecule has 0 saturated carbocycles. The van der Waals surface area contributed by atoms with Gasteiger partial charge in [-0.05, 0) is 30.3 Å². The highest BCUT2D eigenvalue weighted by molar-refractivity contribution is 7.99. The normalized spacial score (nSPS) is 15.6. The highest BCUT2D eigenvalue weighted by Crippen LogP contribution is 2.29. The first-order chi connectivity index (χ1) is 11.5. The molecule has 0 radical (unpaired) electrons. The number of anilines is 1. The van der Waals surface area contributed by atoms with Crippen molar-refractivity contribution in [1.29, 1.82) is 0 Å². The van der Waals surface area contributed by atoms with Crippen molar-refractivity contribution in [1.82, 2.24) is 4.98 Å². The second kappa shape index (κ2) is 5.80. The lowest BCUT2D eigenvalue weighted by Gasteiger charge is -2.17. The number of amidine groups is 1. The van der Waals surface area contributed by atoms with Gasteiger partial charge in [-0.1, -0.05) is 35.5 Å². The fraction of sp³-hybridized carbons (Fsp3) is 0.0667. The summed E-state index contributed by atoms with van der Waals surface area (Å²) in [7, 11) is -3.68. The minimum Gasteiger partial charge on any atom is -0.431 e. The summed E-state index contributed by atoms with van der Waals surface area (Å²) in [5, 5.41) is 4.03. The first-order valence-corrected chi connectivity index (χ1v) is 9.70. The molecule has 0 amide bonds. The summed E-state index contributed by atoms with van der Waals surface area (Å²) < 4.78 is 33.8. The van der Waals surface area contributed by atoms with E-state index in [-0.39, 0.29) is 10.6 Å². The smallest absolute Gasteiger partial charge is 0.286 e. The van der Waals surface area contributed by atoms with Crippen molar-refractivity contribution in [3.63, 3.8) is 0 Å². The fourth-order valence-electron chi connectivity index (χ4n) is 2.30. The Labute approximate surface area is 147 Å². The van der Waals surface area contributed by atoms with Crippen LogP contribution >= 0.6 is 23.4 Å². The van der Waals surface area contributed by atoms with E-state index in [2.05, 4.69) is 14.7 Å². The predicted octanol–water partition coefficient (Wildman–Crippen LogP) is 3.79. The number of hydrogen-bond acceptors (Lipinski definition) is 6. The Morgan fingerprint density at radius 3 is 2.92 bits per heavy atom. The van der Waals surface area contributed by atoms with Crippen molar-refractivity contribution in [2.75, 3.05) is 11.1 Å². The van der Waals surface area contributed by atoms with Gasteiger partial charge in [0, 0.05) is 5.02 Å². The van der Waals surface area contributed by atoms with E-state index in [0.717, 1.165) is 0 Å². The molecule has 1 N–H and O–H groups in total. The topological polar surface area (TPSA) is 84.6 Å². The molecule has 9 heteroatoms. The van der Waals surface area contributed by atoms with Crippen LogP contribution in [0.2, 0.25) is 5.02 Å². The van der Waals surface area contributed by atoms with Gasteiger partial charge in [0.2, 0.25) is 0 Å². The van der Waals surface area contributed by atoms with Crippen LogP contribution in [0, 0.1) is 0 Å². The van der Waals surface area contributed by atoms with Gasteiger partial charge >= 0.3 is 0 Å². The molecule has 1 aromatic heterocycles. The van der Waals surface area contributed by atoms with Crippen molar-refractivity contribution < 1.29 is 12.8 Å². The lowest BCUT2D eigenvalue weighted by atomic mass is 10.3. The van der Waals surface area contributed by atoms with Crippen LogP contribution in [0.25, 0.3) is 11.1 Å². The Bertz CT molecular complexity index is 1080. The molecule has 0 aliphatic carbocycles. The number of thioether (sulfide) groups is 1. The molecule has 0 fully saturated rings. The molecule has 122 valence electrons. The molecule has 1 aliphatic heterocycles. The maximum absolute atomic E-state index is 12.2. The van der Waals surface area contributed by atoms with Gasteiger partial charge in [0.05, 0.1) is 11.4 Å². The highest BCUT2D eigenvalue weighted by Gasteiger charge is 2.24. The quantitative estimate of drug-likeness (QED) is 0.697. The molecular weight excluding hydrogens is 370 g/mol. The highest BCUT2D eigenvalue weighted by atomic mass is 35.5. The number of halogens is 1. The molecular formula is C15H10ClN3O3S2. The number of nitrogens with zero attached hydrogens (tertiary/aromatic N) is 2. The number of rotatable bonds is 3. The molecule has 4 rings (SSSR count). The summed E-state index contributed by atoms with van der Waals surface area (Å²) in [6, 6.07) is 11.8. The summed E-state index contributed by atoms with van der Waals surface area (Å²) >= 11 is 7.18. The maximum Gasteiger partial charge on any atom is 0.286 e. The van der Waals surface area contributed by atoms with Crippen LogP contribution in [-0.4, -0.2) is 25.0 Å². The van der Waals surface area contributed by atoms with Gasteiger partial charge in [-0.15, -0.1) is 4.40 Å². The molecule has 1 aliphatic rings. The predicted molar refractivity (Wildman–Crippen MR) is 94.4 cm³/mol. The molecule has 2 heterocycles. The zero-order valence-electron chi connectivity index (χ0n) is 12.1. The minimum atomic E-state index is -3.68. The maximum atomic E-state index is 12.2. The monoisotopic (exact) mass is 379 g/mol. The van der Waals surface area contributed by atoms with Crippen molar-refractivity contribution in [3.8, 4) is 0 Å². The molecule has 0 saturated heterocycles. The number of para-hydroxylation sites is 1. The van der Waals surface area contributed by atoms with E-state index < -0.39 is 10.0 Å². The van der Waals surface area contributed by atoms with Gasteiger partial charge in [-0.2, -0.15) is 8.42 Å². The molecule has 3 aromatic rings. The van der Waals surface area contributed by atoms with Crippen molar-refractivity contribution >= 4 is 56.0 Å². The Balaban J connectivity index is 1.56. The number of hydrogen-bond donors (Lipinski definition) is 1. The number of aromatic nitrogens is 1. The first-order valence-electron chi connectivity index (χ1n) is 6.90. The van der Waals surface area contributed by atoms with E-state index in [4.69, 9.17) is 16.0 Å². The third-order valence-corrected chi connectivity index (χ3v) is 5.78. The average molecular weight is 380 g/mol. The van der Waals surface area contributed by atoms with Gasteiger partial charge in [0.1, 0.15) is 16.2 Å². The van der Waals surface area contributed by atoms with E-state index in [1.54, 1.807) is 36.4 Å². The number of fused-ring (bicyclic) bond motifs is 2. The average Bonchev–Trinajstić information content (AvgIpc) is 2.94. The molecule has 6 nitrogen and oxygen atoms in total. The largest absolute Gasteiger partial charge is 0.431 e. The fourth-order valence-corrected chi connectivity index (χ4v) is 4.40. The minimum absolute atomic E-state index is 0.176. The van der Waals surface area contributed by atoms with Crippen LogP contribution in [0.1, 0.15) is 0 Å². The van der Waals surface area contributed by atoms with Crippen LogP contribution in [0.15, 0.2) is 61.4 Å². The second-order valence-corrected chi connectivity index (χ2v) is 7.95. The van der Waals surface area contributed by atoms with Gasteiger partial charge in [0.15, 0.2) is 5.58 Å². The van der Waals surface area contributed by atoms with Crippen LogP contribution in [0.4, 0.5) is 5.69 Å². The van der Waals surface area contributed by atoms with E-state index in [9.17, 15) is 8.42 Å².